The number of H-pyrrole nitrogens is 1. The number of likely N-dealkylation sites (N-methyl/N-ethyl adjacent to an activating group) is 1. The molecule has 0 radical (unpaired) electrons. The Kier molecular flexibility index (Phi) is 8.03. The van der Waals surface area contributed by atoms with Gasteiger partial charge in [0, 0.05) is 13.1 Å². The molecule has 0 saturated heterocycles. The molecule has 0 aliphatic carbocycles. The van der Waals surface area contributed by atoms with E-state index in [-0.39, 0.29) is 36.2 Å². The number of anilines is 2. The Morgan fingerprint density at radius 3 is 2.54 bits per heavy atom. The van der Waals surface area contributed by atoms with Crippen molar-refractivity contribution in [1.29, 1.82) is 0 Å². The first kappa shape index (κ1) is 25.2. The van der Waals surface area contributed by atoms with Gasteiger partial charge in [-0.15, -0.1) is 0 Å². The van der Waals surface area contributed by atoms with E-state index in [0.29, 0.717) is 5.56 Å². The van der Waals surface area contributed by atoms with Crippen molar-refractivity contribution in [3.63, 3.8) is 0 Å². The van der Waals surface area contributed by atoms with Crippen molar-refractivity contribution in [1.82, 2.24) is 9.55 Å². The average molecular weight is 486 g/mol. The van der Waals surface area contributed by atoms with Crippen molar-refractivity contribution in [2.24, 2.45) is 0 Å². The summed E-state index contributed by atoms with van der Waals surface area (Å²) in [7, 11) is 1.34. The fourth-order valence-corrected chi connectivity index (χ4v) is 3.30. The van der Waals surface area contributed by atoms with Crippen LogP contribution in [0.25, 0.3) is 6.08 Å². The first-order valence-electron chi connectivity index (χ1n) is 10.5. The van der Waals surface area contributed by atoms with Crippen molar-refractivity contribution >= 4 is 23.5 Å². The summed E-state index contributed by atoms with van der Waals surface area (Å²) in [5.74, 6) is -0.830. The zero-order chi connectivity index (χ0) is 25.5. The molecule has 35 heavy (non-hydrogen) atoms. The molecule has 0 saturated carbocycles. The SMILES string of the molecule is CCOc1cc(C=CC(=O)N(C)c2c(N)n(Cc3ccccc3)c(=O)[nH]c2=O)ccc1OC(F)F. The van der Waals surface area contributed by atoms with Crippen LogP contribution in [0, 0.1) is 0 Å². The predicted molar refractivity (Wildman–Crippen MR) is 128 cm³/mol. The van der Waals surface area contributed by atoms with E-state index >= 15 is 0 Å². The Bertz CT molecular complexity index is 1340. The summed E-state index contributed by atoms with van der Waals surface area (Å²) < 4.78 is 36.1. The molecule has 0 aliphatic rings. The van der Waals surface area contributed by atoms with Gasteiger partial charge in [-0.3, -0.25) is 19.1 Å². The quantitative estimate of drug-likeness (QED) is 0.449. The normalized spacial score (nSPS) is 11.1. The molecule has 9 nitrogen and oxygen atoms in total. The van der Waals surface area contributed by atoms with E-state index in [1.54, 1.807) is 31.2 Å². The van der Waals surface area contributed by atoms with Crippen LogP contribution in [0.2, 0.25) is 0 Å². The molecule has 184 valence electrons. The average Bonchev–Trinajstić information content (AvgIpc) is 2.82. The number of rotatable bonds is 9. The van der Waals surface area contributed by atoms with E-state index in [2.05, 4.69) is 9.72 Å². The number of nitrogen functional groups attached to an aromatic ring is 1. The number of amides is 1. The molecular weight excluding hydrogens is 462 g/mol. The van der Waals surface area contributed by atoms with E-state index in [4.69, 9.17) is 10.5 Å². The second kappa shape index (κ2) is 11.1. The van der Waals surface area contributed by atoms with Gasteiger partial charge in [0.05, 0.1) is 13.2 Å². The lowest BCUT2D eigenvalue weighted by Crippen LogP contribution is -2.39. The van der Waals surface area contributed by atoms with Crippen LogP contribution in [-0.4, -0.2) is 35.7 Å². The van der Waals surface area contributed by atoms with E-state index in [1.165, 1.54) is 37.4 Å². The van der Waals surface area contributed by atoms with Crippen LogP contribution in [0.15, 0.2) is 64.2 Å². The highest BCUT2D eigenvalue weighted by atomic mass is 19.3. The van der Waals surface area contributed by atoms with Gasteiger partial charge in [0.1, 0.15) is 5.82 Å². The third-order valence-corrected chi connectivity index (χ3v) is 4.97. The van der Waals surface area contributed by atoms with Crippen molar-refractivity contribution in [2.75, 3.05) is 24.3 Å². The Balaban J connectivity index is 1.87. The van der Waals surface area contributed by atoms with Gasteiger partial charge in [0.15, 0.2) is 17.2 Å². The zero-order valence-electron chi connectivity index (χ0n) is 19.0. The number of aromatic nitrogens is 2. The monoisotopic (exact) mass is 486 g/mol. The summed E-state index contributed by atoms with van der Waals surface area (Å²) in [6.45, 7) is -1.01. The molecule has 0 unspecified atom stereocenters. The van der Waals surface area contributed by atoms with Gasteiger partial charge in [0.25, 0.3) is 11.5 Å². The molecule has 0 atom stereocenters. The van der Waals surface area contributed by atoms with Gasteiger partial charge in [-0.25, -0.2) is 4.79 Å². The second-order valence-corrected chi connectivity index (χ2v) is 7.31. The molecule has 0 bridgehead atoms. The zero-order valence-corrected chi connectivity index (χ0v) is 19.0. The van der Waals surface area contributed by atoms with Crippen molar-refractivity contribution < 1.29 is 23.0 Å². The van der Waals surface area contributed by atoms with E-state index in [0.717, 1.165) is 15.0 Å². The van der Waals surface area contributed by atoms with Gasteiger partial charge >= 0.3 is 12.3 Å². The summed E-state index contributed by atoms with van der Waals surface area (Å²) in [4.78, 5) is 40.8. The number of carbonyl (C=O) groups is 1. The highest BCUT2D eigenvalue weighted by Crippen LogP contribution is 2.30. The lowest BCUT2D eigenvalue weighted by molar-refractivity contribution is -0.113. The number of nitrogens with zero attached hydrogens (tertiary/aromatic N) is 2. The maximum atomic E-state index is 12.8. The van der Waals surface area contributed by atoms with Gasteiger partial charge in [0.2, 0.25) is 0 Å². The summed E-state index contributed by atoms with van der Waals surface area (Å²) in [6.07, 6.45) is 2.59. The first-order chi connectivity index (χ1) is 16.7. The smallest absolute Gasteiger partial charge is 0.387 e. The largest absolute Gasteiger partial charge is 0.490 e. The third-order valence-electron chi connectivity index (χ3n) is 4.97. The molecule has 3 N–H and O–H groups in total. The standard InChI is InChI=1S/C24H24F2N4O5/c1-3-34-18-13-15(9-11-17(18)35-23(25)26)10-12-19(31)29(2)20-21(27)30(24(33)28-22(20)32)14-16-7-5-4-6-8-16/h4-13,23H,3,14,27H2,1-2H3,(H,28,32,33). The van der Waals surface area contributed by atoms with E-state index < -0.39 is 23.8 Å². The molecule has 11 heteroatoms. The van der Waals surface area contributed by atoms with Gasteiger partial charge in [-0.1, -0.05) is 36.4 Å². The first-order valence-corrected chi connectivity index (χ1v) is 10.5. The Labute approximate surface area is 199 Å². The van der Waals surface area contributed by atoms with Crippen LogP contribution in [0.3, 0.4) is 0 Å². The van der Waals surface area contributed by atoms with Crippen LogP contribution in [-0.2, 0) is 11.3 Å². The summed E-state index contributed by atoms with van der Waals surface area (Å²) >= 11 is 0. The molecule has 3 rings (SSSR count). The number of nitrogens with two attached hydrogens (primary N) is 1. The Hall–Kier alpha value is -4.41. The second-order valence-electron chi connectivity index (χ2n) is 7.31. The van der Waals surface area contributed by atoms with Crippen LogP contribution < -0.4 is 31.4 Å². The van der Waals surface area contributed by atoms with E-state index in [9.17, 15) is 23.2 Å². The predicted octanol–water partition coefficient (Wildman–Crippen LogP) is 2.84. The van der Waals surface area contributed by atoms with Crippen molar-refractivity contribution in [3.8, 4) is 11.5 Å². The number of nitrogens with one attached hydrogen (secondary N) is 1. The fourth-order valence-electron chi connectivity index (χ4n) is 3.30. The lowest BCUT2D eigenvalue weighted by atomic mass is 10.2. The van der Waals surface area contributed by atoms with Gasteiger partial charge < -0.3 is 20.1 Å². The molecule has 1 amide bonds. The molecule has 0 spiro atoms. The molecule has 1 aromatic heterocycles. The fraction of sp³-hybridized carbons (Fsp3) is 0.208. The van der Waals surface area contributed by atoms with Crippen LogP contribution in [0.1, 0.15) is 18.1 Å². The van der Waals surface area contributed by atoms with Crippen LogP contribution in [0.4, 0.5) is 20.3 Å². The number of benzene rings is 2. The van der Waals surface area contributed by atoms with Crippen molar-refractivity contribution in [3.05, 3.63) is 86.6 Å². The number of hydrogen-bond acceptors (Lipinski definition) is 6. The molecule has 0 aliphatic heterocycles. The van der Waals surface area contributed by atoms with Crippen LogP contribution in [0.5, 0.6) is 11.5 Å². The van der Waals surface area contributed by atoms with Gasteiger partial charge in [-0.05, 0) is 36.3 Å². The lowest BCUT2D eigenvalue weighted by Gasteiger charge is -2.19. The summed E-state index contributed by atoms with van der Waals surface area (Å²) in [6, 6.07) is 13.2. The molecular formula is C24H24F2N4O5. The van der Waals surface area contributed by atoms with Crippen molar-refractivity contribution in [2.45, 2.75) is 20.1 Å². The van der Waals surface area contributed by atoms with E-state index in [1.807, 2.05) is 6.07 Å². The number of aromatic amines is 1. The highest BCUT2D eigenvalue weighted by Gasteiger charge is 2.20. The highest BCUT2D eigenvalue weighted by molar-refractivity contribution is 6.04. The maximum absolute atomic E-state index is 12.8. The number of carbonyl (C=O) groups excluding carboxylic acids is 1. The number of alkyl halides is 2. The molecule has 2 aromatic carbocycles. The number of ether oxygens (including phenoxy) is 2. The summed E-state index contributed by atoms with van der Waals surface area (Å²) in [5, 5.41) is 0. The molecule has 1 heterocycles. The molecule has 3 aromatic rings. The van der Waals surface area contributed by atoms with Gasteiger partial charge in [-0.2, -0.15) is 8.78 Å². The Morgan fingerprint density at radius 2 is 1.89 bits per heavy atom. The summed E-state index contributed by atoms with van der Waals surface area (Å²) in [5.41, 5.74) is 5.66. The third kappa shape index (κ3) is 6.14. The van der Waals surface area contributed by atoms with Crippen LogP contribution >= 0.6 is 0 Å². The topological polar surface area (TPSA) is 120 Å². The minimum absolute atomic E-state index is 0.0874. The number of hydrogen-bond donors (Lipinski definition) is 2. The Morgan fingerprint density at radius 1 is 1.17 bits per heavy atom. The minimum atomic E-state index is -3.01. The minimum Gasteiger partial charge on any atom is -0.490 e. The number of halogens is 2. The molecule has 0 fully saturated rings. The maximum Gasteiger partial charge on any atom is 0.387 e.